The number of hydrogen-bond acceptors (Lipinski definition) is 4. The molecule has 0 aromatic carbocycles. The summed E-state index contributed by atoms with van der Waals surface area (Å²) in [7, 11) is 0. The van der Waals surface area contributed by atoms with Crippen molar-refractivity contribution in [1.29, 1.82) is 0 Å². The molecule has 2 amide bonds. The van der Waals surface area contributed by atoms with Crippen LogP contribution in [0.25, 0.3) is 0 Å². The molecule has 3 aliphatic rings. The van der Waals surface area contributed by atoms with Crippen LogP contribution in [0.2, 0.25) is 4.34 Å². The average molecular weight is 396 g/mol. The Morgan fingerprint density at radius 1 is 1.15 bits per heavy atom. The highest BCUT2D eigenvalue weighted by Crippen LogP contribution is 2.30. The van der Waals surface area contributed by atoms with Gasteiger partial charge in [-0.2, -0.15) is 0 Å². The third-order valence-electron chi connectivity index (χ3n) is 5.97. The summed E-state index contributed by atoms with van der Waals surface area (Å²) in [5.74, 6) is 0.229. The summed E-state index contributed by atoms with van der Waals surface area (Å²) in [5, 5.41) is 0. The molecule has 1 aromatic heterocycles. The van der Waals surface area contributed by atoms with Crippen LogP contribution in [0.4, 0.5) is 0 Å². The topological polar surface area (TPSA) is 43.9 Å². The number of likely N-dealkylation sites (tertiary alicyclic amines) is 1. The van der Waals surface area contributed by atoms with E-state index in [0.717, 1.165) is 49.9 Å². The van der Waals surface area contributed by atoms with E-state index < -0.39 is 0 Å². The molecule has 0 bridgehead atoms. The molecule has 2 saturated heterocycles. The third kappa shape index (κ3) is 3.92. The molecule has 1 unspecified atom stereocenters. The summed E-state index contributed by atoms with van der Waals surface area (Å²) < 4.78 is 0.825. The molecule has 3 fully saturated rings. The van der Waals surface area contributed by atoms with Crippen LogP contribution in [0.3, 0.4) is 0 Å². The van der Waals surface area contributed by atoms with Crippen molar-refractivity contribution in [2.75, 3.05) is 32.7 Å². The molecule has 1 atom stereocenters. The lowest BCUT2D eigenvalue weighted by Gasteiger charge is -2.35. The number of carbonyl (C=O) groups is 2. The molecular formula is C19H26ClN3O2S. The van der Waals surface area contributed by atoms with Gasteiger partial charge in [0.2, 0.25) is 11.8 Å². The number of hydrogen-bond donors (Lipinski definition) is 0. The summed E-state index contributed by atoms with van der Waals surface area (Å²) in [6.07, 6.45) is 5.05. The Balaban J connectivity index is 1.27. The zero-order valence-electron chi connectivity index (χ0n) is 15.0. The largest absolute Gasteiger partial charge is 0.340 e. The highest BCUT2D eigenvalue weighted by atomic mass is 35.5. The number of halogens is 1. The second-order valence-corrected chi connectivity index (χ2v) is 9.49. The highest BCUT2D eigenvalue weighted by molar-refractivity contribution is 7.16. The molecule has 142 valence electrons. The lowest BCUT2D eigenvalue weighted by molar-refractivity contribution is -0.137. The van der Waals surface area contributed by atoms with E-state index in [-0.39, 0.29) is 17.7 Å². The lowest BCUT2D eigenvalue weighted by Crippen LogP contribution is -2.50. The number of amides is 2. The Labute approximate surface area is 163 Å². The normalized spacial score (nSPS) is 25.4. The van der Waals surface area contributed by atoms with E-state index in [9.17, 15) is 9.59 Å². The zero-order valence-corrected chi connectivity index (χ0v) is 16.6. The van der Waals surface area contributed by atoms with Crippen LogP contribution in [0.15, 0.2) is 12.1 Å². The molecule has 4 rings (SSSR count). The predicted molar refractivity (Wildman–Crippen MR) is 103 cm³/mol. The number of piperazine rings is 1. The van der Waals surface area contributed by atoms with Crippen molar-refractivity contribution in [2.24, 2.45) is 5.92 Å². The van der Waals surface area contributed by atoms with Gasteiger partial charge in [0.15, 0.2) is 0 Å². The monoisotopic (exact) mass is 395 g/mol. The Hall–Kier alpha value is -1.11. The Morgan fingerprint density at radius 3 is 2.54 bits per heavy atom. The molecule has 0 radical (unpaired) electrons. The minimum Gasteiger partial charge on any atom is -0.340 e. The van der Waals surface area contributed by atoms with Gasteiger partial charge in [-0.15, -0.1) is 11.3 Å². The molecule has 3 heterocycles. The summed E-state index contributed by atoms with van der Waals surface area (Å²) in [5.41, 5.74) is 0. The van der Waals surface area contributed by atoms with Crippen molar-refractivity contribution in [3.05, 3.63) is 21.3 Å². The molecule has 2 aliphatic heterocycles. The third-order valence-corrected chi connectivity index (χ3v) is 7.18. The van der Waals surface area contributed by atoms with Gasteiger partial charge in [-0.05, 0) is 25.0 Å². The van der Waals surface area contributed by atoms with Crippen molar-refractivity contribution >= 4 is 34.8 Å². The van der Waals surface area contributed by atoms with Crippen LogP contribution in [0.1, 0.15) is 37.0 Å². The fourth-order valence-corrected chi connectivity index (χ4v) is 5.64. The van der Waals surface area contributed by atoms with Crippen molar-refractivity contribution in [2.45, 2.75) is 44.7 Å². The quantitative estimate of drug-likeness (QED) is 0.787. The average Bonchev–Trinajstić information content (AvgIpc) is 3.36. The van der Waals surface area contributed by atoms with E-state index in [1.54, 1.807) is 11.3 Å². The van der Waals surface area contributed by atoms with Crippen LogP contribution in [-0.2, 0) is 16.1 Å². The van der Waals surface area contributed by atoms with Crippen molar-refractivity contribution in [3.8, 4) is 0 Å². The van der Waals surface area contributed by atoms with Gasteiger partial charge in [-0.3, -0.25) is 14.5 Å². The minimum absolute atomic E-state index is 0.134. The van der Waals surface area contributed by atoms with Gasteiger partial charge in [0, 0.05) is 56.6 Å². The maximum Gasteiger partial charge on any atom is 0.228 e. The number of carbonyl (C=O) groups excluding carboxylic acids is 2. The maximum atomic E-state index is 12.9. The van der Waals surface area contributed by atoms with Crippen LogP contribution in [0.5, 0.6) is 0 Å². The molecule has 0 spiro atoms. The summed E-state index contributed by atoms with van der Waals surface area (Å²) in [6.45, 7) is 4.81. The van der Waals surface area contributed by atoms with Crippen LogP contribution in [-0.4, -0.2) is 65.3 Å². The first-order valence-corrected chi connectivity index (χ1v) is 10.8. The van der Waals surface area contributed by atoms with Crippen molar-refractivity contribution < 1.29 is 9.59 Å². The van der Waals surface area contributed by atoms with Crippen molar-refractivity contribution in [1.82, 2.24) is 14.7 Å². The van der Waals surface area contributed by atoms with Gasteiger partial charge >= 0.3 is 0 Å². The van der Waals surface area contributed by atoms with Gasteiger partial charge in [0.1, 0.15) is 0 Å². The molecule has 26 heavy (non-hydrogen) atoms. The molecule has 1 aliphatic carbocycles. The standard InChI is InChI=1S/C19H26ClN3O2S/c20-17-6-5-16(26-17)13-21-7-9-22(10-8-21)19(25)14-11-18(24)23(12-14)15-3-1-2-4-15/h5-6,14-15H,1-4,7-13H2. The van der Waals surface area contributed by atoms with E-state index in [1.807, 2.05) is 15.9 Å². The van der Waals surface area contributed by atoms with Crippen LogP contribution in [0, 0.1) is 5.92 Å². The van der Waals surface area contributed by atoms with Gasteiger partial charge in [0.05, 0.1) is 10.3 Å². The summed E-state index contributed by atoms with van der Waals surface area (Å²) >= 11 is 7.62. The first-order chi connectivity index (χ1) is 12.6. The molecule has 7 heteroatoms. The Kier molecular flexibility index (Phi) is 5.53. The Bertz CT molecular complexity index is 665. The molecular weight excluding hydrogens is 370 g/mol. The van der Waals surface area contributed by atoms with Crippen molar-refractivity contribution in [3.63, 3.8) is 0 Å². The second-order valence-electron chi connectivity index (χ2n) is 7.69. The SMILES string of the molecule is O=C(C1CC(=O)N(C2CCCC2)C1)N1CCN(Cc2ccc(Cl)s2)CC1. The van der Waals surface area contributed by atoms with Gasteiger partial charge in [-0.1, -0.05) is 24.4 Å². The number of thiophene rings is 1. The lowest BCUT2D eigenvalue weighted by atomic mass is 10.1. The van der Waals surface area contributed by atoms with E-state index in [0.29, 0.717) is 19.0 Å². The first kappa shape index (κ1) is 18.3. The molecule has 1 saturated carbocycles. The highest BCUT2D eigenvalue weighted by Gasteiger charge is 2.40. The zero-order chi connectivity index (χ0) is 18.1. The molecule has 0 N–H and O–H groups in total. The predicted octanol–water partition coefficient (Wildman–Crippen LogP) is 2.84. The minimum atomic E-state index is -0.134. The number of rotatable bonds is 4. The number of nitrogens with zero attached hydrogens (tertiary/aromatic N) is 3. The second kappa shape index (κ2) is 7.87. The van der Waals surface area contributed by atoms with Gasteiger partial charge in [0.25, 0.3) is 0 Å². The first-order valence-electron chi connectivity index (χ1n) is 9.65. The smallest absolute Gasteiger partial charge is 0.228 e. The summed E-state index contributed by atoms with van der Waals surface area (Å²) in [6, 6.07) is 4.40. The van der Waals surface area contributed by atoms with E-state index in [1.165, 1.54) is 17.7 Å². The summed E-state index contributed by atoms with van der Waals surface area (Å²) in [4.78, 5) is 32.8. The van der Waals surface area contributed by atoms with Gasteiger partial charge in [-0.25, -0.2) is 0 Å². The van der Waals surface area contributed by atoms with Crippen LogP contribution < -0.4 is 0 Å². The van der Waals surface area contributed by atoms with E-state index in [4.69, 9.17) is 11.6 Å². The fraction of sp³-hybridized carbons (Fsp3) is 0.684. The molecule has 1 aromatic rings. The maximum absolute atomic E-state index is 12.9. The fourth-order valence-electron chi connectivity index (χ4n) is 4.51. The van der Waals surface area contributed by atoms with E-state index in [2.05, 4.69) is 11.0 Å². The van der Waals surface area contributed by atoms with E-state index >= 15 is 0 Å². The van der Waals surface area contributed by atoms with Gasteiger partial charge < -0.3 is 9.80 Å². The molecule has 5 nitrogen and oxygen atoms in total. The van der Waals surface area contributed by atoms with Crippen LogP contribution >= 0.6 is 22.9 Å². The Morgan fingerprint density at radius 2 is 1.88 bits per heavy atom.